The molecule has 1 saturated heterocycles. The highest BCUT2D eigenvalue weighted by atomic mass is 16.5. The molecule has 9 nitrogen and oxygen atoms in total. The second-order valence-corrected chi connectivity index (χ2v) is 9.56. The van der Waals surface area contributed by atoms with Gasteiger partial charge in [0.1, 0.15) is 11.7 Å². The van der Waals surface area contributed by atoms with E-state index in [9.17, 15) is 14.4 Å². The van der Waals surface area contributed by atoms with Gasteiger partial charge in [0.05, 0.1) is 12.2 Å². The van der Waals surface area contributed by atoms with Crippen LogP contribution in [0.2, 0.25) is 0 Å². The van der Waals surface area contributed by atoms with Crippen LogP contribution in [0.1, 0.15) is 49.4 Å². The number of nitrogens with zero attached hydrogens (tertiary/aromatic N) is 2. The molecular weight excluding hydrogens is 448 g/mol. The number of ether oxygens (including phenoxy) is 1. The SMILES string of the molecule is CNC(=O)[C@@H](NC(=O)c1ccc(-c2cc3c(cn2)C=C(C(=O)N2CC(C)OC(C)C2)C3)o1)C(C)C. The summed E-state index contributed by atoms with van der Waals surface area (Å²) >= 11 is 0. The number of hydrogen-bond acceptors (Lipinski definition) is 6. The van der Waals surface area contributed by atoms with Crippen LogP contribution in [0.25, 0.3) is 17.5 Å². The summed E-state index contributed by atoms with van der Waals surface area (Å²) in [6.45, 7) is 8.82. The highest BCUT2D eigenvalue weighted by molar-refractivity contribution is 6.00. The van der Waals surface area contributed by atoms with Gasteiger partial charge in [-0.1, -0.05) is 13.8 Å². The lowest BCUT2D eigenvalue weighted by molar-refractivity contribution is -0.139. The van der Waals surface area contributed by atoms with Gasteiger partial charge in [0.2, 0.25) is 11.8 Å². The smallest absolute Gasteiger partial charge is 0.287 e. The minimum atomic E-state index is -0.668. The molecule has 1 fully saturated rings. The van der Waals surface area contributed by atoms with Gasteiger partial charge in [-0.15, -0.1) is 0 Å². The van der Waals surface area contributed by atoms with Gasteiger partial charge < -0.3 is 24.7 Å². The lowest BCUT2D eigenvalue weighted by Gasteiger charge is -2.35. The van der Waals surface area contributed by atoms with Crippen molar-refractivity contribution < 1.29 is 23.5 Å². The Morgan fingerprint density at radius 2 is 1.86 bits per heavy atom. The number of pyridine rings is 1. The zero-order valence-electron chi connectivity index (χ0n) is 20.8. The molecule has 2 aliphatic rings. The van der Waals surface area contributed by atoms with Gasteiger partial charge in [-0.3, -0.25) is 19.4 Å². The number of aromatic nitrogens is 1. The lowest BCUT2D eigenvalue weighted by Crippen LogP contribution is -2.48. The summed E-state index contributed by atoms with van der Waals surface area (Å²) < 4.78 is 11.5. The molecule has 0 bridgehead atoms. The molecular formula is C26H32N4O5. The van der Waals surface area contributed by atoms with E-state index in [1.807, 2.05) is 44.7 Å². The molecule has 0 spiro atoms. The van der Waals surface area contributed by atoms with Crippen molar-refractivity contribution in [1.29, 1.82) is 0 Å². The third-order valence-corrected chi connectivity index (χ3v) is 6.28. The highest BCUT2D eigenvalue weighted by Crippen LogP contribution is 2.30. The van der Waals surface area contributed by atoms with Crippen molar-refractivity contribution in [1.82, 2.24) is 20.5 Å². The fourth-order valence-corrected chi connectivity index (χ4v) is 4.55. The van der Waals surface area contributed by atoms with E-state index < -0.39 is 11.9 Å². The molecule has 4 rings (SSSR count). The van der Waals surface area contributed by atoms with Crippen molar-refractivity contribution in [2.45, 2.75) is 52.4 Å². The van der Waals surface area contributed by atoms with Crippen LogP contribution < -0.4 is 10.6 Å². The van der Waals surface area contributed by atoms with Crippen molar-refractivity contribution in [2.24, 2.45) is 5.92 Å². The Kier molecular flexibility index (Phi) is 7.07. The first-order valence-electron chi connectivity index (χ1n) is 11.9. The number of morpholine rings is 1. The van der Waals surface area contributed by atoms with Gasteiger partial charge in [0, 0.05) is 38.3 Å². The van der Waals surface area contributed by atoms with Crippen molar-refractivity contribution in [3.05, 3.63) is 46.9 Å². The van der Waals surface area contributed by atoms with Crippen LogP contribution in [0.4, 0.5) is 0 Å². The van der Waals surface area contributed by atoms with E-state index in [4.69, 9.17) is 9.15 Å². The molecule has 9 heteroatoms. The zero-order valence-corrected chi connectivity index (χ0v) is 20.8. The van der Waals surface area contributed by atoms with E-state index in [2.05, 4.69) is 15.6 Å². The summed E-state index contributed by atoms with van der Waals surface area (Å²) in [6.07, 6.45) is 4.15. The number of amides is 3. The minimum absolute atomic E-state index is 0.0119. The number of carbonyl (C=O) groups excluding carboxylic acids is 3. The van der Waals surface area contributed by atoms with Gasteiger partial charge in [-0.25, -0.2) is 0 Å². The molecule has 1 aliphatic carbocycles. The zero-order chi connectivity index (χ0) is 25.3. The normalized spacial score (nSPS) is 20.3. The third-order valence-electron chi connectivity index (χ3n) is 6.28. The number of fused-ring (bicyclic) bond motifs is 1. The van der Waals surface area contributed by atoms with E-state index in [1.54, 1.807) is 18.3 Å². The second kappa shape index (κ2) is 10.0. The highest BCUT2D eigenvalue weighted by Gasteiger charge is 2.30. The van der Waals surface area contributed by atoms with Crippen LogP contribution in [0.3, 0.4) is 0 Å². The largest absolute Gasteiger partial charge is 0.449 e. The first kappa shape index (κ1) is 24.7. The Morgan fingerprint density at radius 3 is 2.51 bits per heavy atom. The van der Waals surface area contributed by atoms with Crippen molar-refractivity contribution in [3.63, 3.8) is 0 Å². The Bertz CT molecular complexity index is 1160. The first-order valence-corrected chi connectivity index (χ1v) is 11.9. The molecule has 3 amide bonds. The summed E-state index contributed by atoms with van der Waals surface area (Å²) in [5.41, 5.74) is 3.19. The van der Waals surface area contributed by atoms with E-state index in [0.29, 0.717) is 31.0 Å². The molecule has 3 heterocycles. The fourth-order valence-electron chi connectivity index (χ4n) is 4.55. The second-order valence-electron chi connectivity index (χ2n) is 9.56. The van der Waals surface area contributed by atoms with Gasteiger partial charge in [0.25, 0.3) is 5.91 Å². The van der Waals surface area contributed by atoms with Crippen LogP contribution in [0.5, 0.6) is 0 Å². The lowest BCUT2D eigenvalue weighted by atomic mass is 10.0. The van der Waals surface area contributed by atoms with Crippen LogP contribution in [-0.4, -0.2) is 66.0 Å². The van der Waals surface area contributed by atoms with Crippen molar-refractivity contribution in [3.8, 4) is 11.5 Å². The summed E-state index contributed by atoms with van der Waals surface area (Å²) in [5, 5.41) is 5.28. The molecule has 0 aromatic carbocycles. The summed E-state index contributed by atoms with van der Waals surface area (Å²) in [7, 11) is 1.53. The van der Waals surface area contributed by atoms with Crippen LogP contribution >= 0.6 is 0 Å². The van der Waals surface area contributed by atoms with E-state index in [-0.39, 0.29) is 35.7 Å². The van der Waals surface area contributed by atoms with Crippen LogP contribution in [0, 0.1) is 5.92 Å². The standard InChI is InChI=1S/C26H32N4O5/c1-14(2)23(25(32)27-5)29-24(31)22-7-6-21(35-22)20-10-17-8-18(9-19(17)11-28-20)26(33)30-12-15(3)34-16(4)13-30/h6-7,9-11,14-16,23H,8,12-13H2,1-5H3,(H,27,32)(H,29,31)/t15?,16?,23-/m0/s1. The Morgan fingerprint density at radius 1 is 1.14 bits per heavy atom. The summed E-state index contributed by atoms with van der Waals surface area (Å²) in [4.78, 5) is 44.1. The van der Waals surface area contributed by atoms with E-state index >= 15 is 0 Å². The van der Waals surface area contributed by atoms with Gasteiger partial charge in [0.15, 0.2) is 11.5 Å². The average Bonchev–Trinajstić information content (AvgIpc) is 3.47. The summed E-state index contributed by atoms with van der Waals surface area (Å²) in [5.74, 6) is -0.254. The predicted octanol–water partition coefficient (Wildman–Crippen LogP) is 2.42. The molecule has 3 atom stereocenters. The maximum atomic E-state index is 13.1. The number of nitrogens with one attached hydrogen (secondary N) is 2. The van der Waals surface area contributed by atoms with Crippen molar-refractivity contribution in [2.75, 3.05) is 20.1 Å². The molecule has 1 aliphatic heterocycles. The first-order chi connectivity index (χ1) is 16.7. The molecule has 2 unspecified atom stereocenters. The van der Waals surface area contributed by atoms with Gasteiger partial charge in [-0.2, -0.15) is 0 Å². The molecule has 0 saturated carbocycles. The molecule has 0 radical (unpaired) electrons. The molecule has 35 heavy (non-hydrogen) atoms. The monoisotopic (exact) mass is 480 g/mol. The van der Waals surface area contributed by atoms with E-state index in [1.165, 1.54) is 7.05 Å². The predicted molar refractivity (Wildman–Crippen MR) is 130 cm³/mol. The van der Waals surface area contributed by atoms with Gasteiger partial charge >= 0.3 is 0 Å². The molecule has 2 aromatic rings. The number of rotatable bonds is 6. The van der Waals surface area contributed by atoms with E-state index in [0.717, 1.165) is 16.7 Å². The Labute approximate surface area is 204 Å². The third kappa shape index (κ3) is 5.30. The molecule has 2 N–H and O–H groups in total. The fraction of sp³-hybridized carbons (Fsp3) is 0.462. The number of furan rings is 1. The maximum Gasteiger partial charge on any atom is 0.287 e. The molecule has 2 aromatic heterocycles. The topological polar surface area (TPSA) is 114 Å². The summed E-state index contributed by atoms with van der Waals surface area (Å²) in [6, 6.07) is 4.46. The minimum Gasteiger partial charge on any atom is -0.449 e. The quantitative estimate of drug-likeness (QED) is 0.657. The maximum absolute atomic E-state index is 13.1. The Hall–Kier alpha value is -3.46. The average molecular weight is 481 g/mol. The van der Waals surface area contributed by atoms with Crippen LogP contribution in [-0.2, 0) is 20.7 Å². The number of likely N-dealkylation sites (N-methyl/N-ethyl adjacent to an activating group) is 1. The van der Waals surface area contributed by atoms with Gasteiger partial charge in [-0.05, 0) is 55.2 Å². The van der Waals surface area contributed by atoms with Crippen molar-refractivity contribution >= 4 is 23.8 Å². The number of carbonyl (C=O) groups is 3. The Balaban J connectivity index is 1.45. The van der Waals surface area contributed by atoms with Crippen LogP contribution in [0.15, 0.2) is 34.4 Å². The number of hydrogen-bond donors (Lipinski definition) is 2. The molecule has 186 valence electrons.